The van der Waals surface area contributed by atoms with E-state index in [0.717, 1.165) is 22.8 Å². The largest absolute Gasteiger partial charge is 0.301 e. The van der Waals surface area contributed by atoms with E-state index in [0.29, 0.717) is 0 Å². The summed E-state index contributed by atoms with van der Waals surface area (Å²) in [5.74, 6) is 0. The number of rotatable bonds is 3. The molecule has 0 atom stereocenters. The maximum atomic E-state index is 4.34. The first-order valence-corrected chi connectivity index (χ1v) is 5.26. The van der Waals surface area contributed by atoms with E-state index in [9.17, 15) is 0 Å². The number of para-hydroxylation sites is 1. The first-order valence-electron chi connectivity index (χ1n) is 5.26. The highest BCUT2D eigenvalue weighted by Crippen LogP contribution is 2.18. The summed E-state index contributed by atoms with van der Waals surface area (Å²) in [5, 5.41) is 4.34. The van der Waals surface area contributed by atoms with Gasteiger partial charge in [-0.1, -0.05) is 18.2 Å². The molecule has 0 fully saturated rings. The molecule has 0 bridgehead atoms. The van der Waals surface area contributed by atoms with E-state index in [2.05, 4.69) is 16.0 Å². The molecule has 2 N–H and O–H groups in total. The van der Waals surface area contributed by atoms with Crippen LogP contribution in [-0.2, 0) is 7.05 Å². The lowest BCUT2D eigenvalue weighted by Gasteiger charge is -2.09. The Hall–Kier alpha value is -1.97. The fourth-order valence-electron chi connectivity index (χ4n) is 1.61. The summed E-state index contributed by atoms with van der Waals surface area (Å²) in [4.78, 5) is 0. The minimum Gasteiger partial charge on any atom is -0.301 e. The summed E-state index contributed by atoms with van der Waals surface area (Å²) in [7, 11) is 1.94. The predicted molar refractivity (Wildman–Crippen MR) is 66.4 cm³/mol. The molecular formula is C12H16N4. The molecule has 1 heterocycles. The topological polar surface area (TPSA) is 41.9 Å². The van der Waals surface area contributed by atoms with Gasteiger partial charge in [-0.15, -0.1) is 0 Å². The van der Waals surface area contributed by atoms with Crippen molar-refractivity contribution < 1.29 is 0 Å². The van der Waals surface area contributed by atoms with Crippen molar-refractivity contribution in [1.82, 2.24) is 9.78 Å². The van der Waals surface area contributed by atoms with Gasteiger partial charge in [0.05, 0.1) is 22.8 Å². The second kappa shape index (κ2) is 4.26. The van der Waals surface area contributed by atoms with Gasteiger partial charge in [0.2, 0.25) is 0 Å². The normalized spacial score (nSPS) is 10.2. The summed E-state index contributed by atoms with van der Waals surface area (Å²) >= 11 is 0. The molecule has 0 saturated carbocycles. The second-order valence-corrected chi connectivity index (χ2v) is 3.79. The summed E-state index contributed by atoms with van der Waals surface area (Å²) < 4.78 is 1.87. The average Bonchev–Trinajstić information content (AvgIpc) is 2.53. The number of hydrogen-bond donors (Lipinski definition) is 2. The Morgan fingerprint density at radius 2 is 1.75 bits per heavy atom. The molecule has 0 spiro atoms. The van der Waals surface area contributed by atoms with Crippen LogP contribution in [0.5, 0.6) is 0 Å². The van der Waals surface area contributed by atoms with Crippen LogP contribution in [0.25, 0.3) is 0 Å². The first-order chi connectivity index (χ1) is 7.68. The lowest BCUT2D eigenvalue weighted by Crippen LogP contribution is -2.09. The smallest absolute Gasteiger partial charge is 0.0978 e. The number of hydrogen-bond acceptors (Lipinski definition) is 3. The molecule has 0 radical (unpaired) electrons. The molecule has 0 aliphatic carbocycles. The van der Waals surface area contributed by atoms with Crippen molar-refractivity contribution in [2.45, 2.75) is 13.8 Å². The molecule has 0 amide bonds. The third kappa shape index (κ3) is 2.00. The number of anilines is 2. The van der Waals surface area contributed by atoms with Crippen LogP contribution >= 0.6 is 0 Å². The van der Waals surface area contributed by atoms with Gasteiger partial charge < -0.3 is 5.43 Å². The number of aryl methyl sites for hydroxylation is 2. The van der Waals surface area contributed by atoms with Crippen LogP contribution in [0.15, 0.2) is 30.3 Å². The molecule has 1 aromatic carbocycles. The molecule has 4 nitrogen and oxygen atoms in total. The third-order valence-corrected chi connectivity index (χ3v) is 2.61. The molecule has 2 aromatic rings. The highest BCUT2D eigenvalue weighted by atomic mass is 15.4. The van der Waals surface area contributed by atoms with Crippen LogP contribution in [0.3, 0.4) is 0 Å². The van der Waals surface area contributed by atoms with Crippen molar-refractivity contribution in [3.05, 3.63) is 41.7 Å². The predicted octanol–water partition coefficient (Wildman–Crippen LogP) is 2.48. The van der Waals surface area contributed by atoms with Gasteiger partial charge in [0.1, 0.15) is 0 Å². The van der Waals surface area contributed by atoms with E-state index >= 15 is 0 Å². The minimum atomic E-state index is 0.989. The van der Waals surface area contributed by atoms with Crippen LogP contribution in [0.4, 0.5) is 11.4 Å². The van der Waals surface area contributed by atoms with E-state index in [1.54, 1.807) is 0 Å². The Morgan fingerprint density at radius 3 is 2.31 bits per heavy atom. The van der Waals surface area contributed by atoms with Crippen LogP contribution in [0.2, 0.25) is 0 Å². The van der Waals surface area contributed by atoms with Crippen LogP contribution < -0.4 is 10.9 Å². The fourth-order valence-corrected chi connectivity index (χ4v) is 1.61. The van der Waals surface area contributed by atoms with E-state index in [-0.39, 0.29) is 0 Å². The molecule has 0 aliphatic rings. The van der Waals surface area contributed by atoms with E-state index < -0.39 is 0 Å². The van der Waals surface area contributed by atoms with Crippen LogP contribution in [0.1, 0.15) is 11.4 Å². The molecule has 0 saturated heterocycles. The fraction of sp³-hybridized carbons (Fsp3) is 0.250. The van der Waals surface area contributed by atoms with Crippen molar-refractivity contribution in [2.24, 2.45) is 7.05 Å². The number of aromatic nitrogens is 2. The highest BCUT2D eigenvalue weighted by molar-refractivity contribution is 5.57. The maximum Gasteiger partial charge on any atom is 0.0978 e. The zero-order chi connectivity index (χ0) is 11.5. The molecular weight excluding hydrogens is 200 g/mol. The summed E-state index contributed by atoms with van der Waals surface area (Å²) in [6.45, 7) is 4.02. The van der Waals surface area contributed by atoms with Crippen LogP contribution in [-0.4, -0.2) is 9.78 Å². The van der Waals surface area contributed by atoms with Crippen molar-refractivity contribution in [3.8, 4) is 0 Å². The summed E-state index contributed by atoms with van der Waals surface area (Å²) in [6, 6.07) is 9.99. The molecule has 1 aromatic heterocycles. The van der Waals surface area contributed by atoms with E-state index in [4.69, 9.17) is 0 Å². The summed E-state index contributed by atoms with van der Waals surface area (Å²) in [5.41, 5.74) is 10.5. The number of benzene rings is 1. The van der Waals surface area contributed by atoms with Gasteiger partial charge in [0.15, 0.2) is 0 Å². The quantitative estimate of drug-likeness (QED) is 0.774. The monoisotopic (exact) mass is 216 g/mol. The van der Waals surface area contributed by atoms with Crippen molar-refractivity contribution >= 4 is 11.4 Å². The zero-order valence-electron chi connectivity index (χ0n) is 9.78. The van der Waals surface area contributed by atoms with E-state index in [1.807, 2.05) is 55.9 Å². The van der Waals surface area contributed by atoms with Gasteiger partial charge in [0, 0.05) is 7.05 Å². The maximum absolute atomic E-state index is 4.34. The summed E-state index contributed by atoms with van der Waals surface area (Å²) in [6.07, 6.45) is 0. The van der Waals surface area contributed by atoms with Crippen molar-refractivity contribution in [1.29, 1.82) is 0 Å². The molecule has 0 unspecified atom stereocenters. The zero-order valence-corrected chi connectivity index (χ0v) is 9.78. The Balaban J connectivity index is 2.11. The molecule has 2 rings (SSSR count). The molecule has 4 heteroatoms. The second-order valence-electron chi connectivity index (χ2n) is 3.79. The first kappa shape index (κ1) is 10.5. The van der Waals surface area contributed by atoms with Gasteiger partial charge in [-0.25, -0.2) is 0 Å². The lowest BCUT2D eigenvalue weighted by molar-refractivity contribution is 0.731. The molecule has 84 valence electrons. The van der Waals surface area contributed by atoms with Crippen molar-refractivity contribution in [3.63, 3.8) is 0 Å². The number of nitrogens with zero attached hydrogens (tertiary/aromatic N) is 2. The number of nitrogens with one attached hydrogen (secondary N) is 2. The van der Waals surface area contributed by atoms with Gasteiger partial charge in [-0.2, -0.15) is 5.10 Å². The average molecular weight is 216 g/mol. The van der Waals surface area contributed by atoms with Gasteiger partial charge in [0.25, 0.3) is 0 Å². The lowest BCUT2D eigenvalue weighted by atomic mass is 10.3. The van der Waals surface area contributed by atoms with Gasteiger partial charge in [-0.05, 0) is 26.0 Å². The molecule has 0 aliphatic heterocycles. The Labute approximate surface area is 95.3 Å². The SMILES string of the molecule is Cc1nn(C)c(C)c1NNc1ccccc1. The van der Waals surface area contributed by atoms with Gasteiger partial charge >= 0.3 is 0 Å². The Kier molecular flexibility index (Phi) is 2.81. The molecule has 16 heavy (non-hydrogen) atoms. The van der Waals surface area contributed by atoms with Gasteiger partial charge in [-0.3, -0.25) is 10.1 Å². The minimum absolute atomic E-state index is 0.989. The Morgan fingerprint density at radius 1 is 1.06 bits per heavy atom. The third-order valence-electron chi connectivity index (χ3n) is 2.61. The van der Waals surface area contributed by atoms with E-state index in [1.165, 1.54) is 0 Å². The van der Waals surface area contributed by atoms with Crippen molar-refractivity contribution in [2.75, 3.05) is 10.9 Å². The highest BCUT2D eigenvalue weighted by Gasteiger charge is 2.07. The standard InChI is InChI=1S/C12H16N4/c1-9-12(10(2)16(3)15-9)14-13-11-7-5-4-6-8-11/h4-8,13-14H,1-3H3. The number of hydrazine groups is 1. The Bertz CT molecular complexity index is 473. The van der Waals surface area contributed by atoms with Crippen LogP contribution in [0, 0.1) is 13.8 Å².